The Morgan fingerprint density at radius 1 is 1.15 bits per heavy atom. The van der Waals surface area contributed by atoms with Crippen LogP contribution in [0.2, 0.25) is 0 Å². The maximum atomic E-state index is 13.5. The van der Waals surface area contributed by atoms with Crippen molar-refractivity contribution in [2.24, 2.45) is 17.8 Å². The third-order valence-corrected chi connectivity index (χ3v) is 7.94. The first-order valence-corrected chi connectivity index (χ1v) is 11.6. The lowest BCUT2D eigenvalue weighted by Crippen LogP contribution is -2.43. The summed E-state index contributed by atoms with van der Waals surface area (Å²) in [5.74, 6) is 0.855. The molecule has 1 saturated heterocycles. The van der Waals surface area contributed by atoms with Crippen molar-refractivity contribution in [1.82, 2.24) is 4.31 Å². The van der Waals surface area contributed by atoms with Crippen molar-refractivity contribution < 1.29 is 13.2 Å². The molecule has 5 nitrogen and oxygen atoms in total. The van der Waals surface area contributed by atoms with E-state index in [0.29, 0.717) is 43.6 Å². The molecule has 1 aromatic rings. The number of nitrogens with zero attached hydrogens (tertiary/aromatic N) is 2. The van der Waals surface area contributed by atoms with E-state index in [0.717, 1.165) is 29.3 Å². The molecule has 1 saturated carbocycles. The van der Waals surface area contributed by atoms with Crippen molar-refractivity contribution in [3.8, 4) is 0 Å². The van der Waals surface area contributed by atoms with E-state index in [4.69, 9.17) is 0 Å². The van der Waals surface area contributed by atoms with Crippen molar-refractivity contribution in [2.45, 2.75) is 44.4 Å². The fourth-order valence-corrected chi connectivity index (χ4v) is 6.98. The Balaban J connectivity index is 1.77. The minimum absolute atomic E-state index is 0.0789. The predicted molar refractivity (Wildman–Crippen MR) is 105 cm³/mol. The van der Waals surface area contributed by atoms with Crippen LogP contribution in [0.5, 0.6) is 0 Å². The summed E-state index contributed by atoms with van der Waals surface area (Å²) >= 11 is 3.47. The van der Waals surface area contributed by atoms with E-state index in [1.165, 1.54) is 0 Å². The van der Waals surface area contributed by atoms with Crippen LogP contribution in [0.25, 0.3) is 0 Å². The average molecular weight is 441 g/mol. The lowest BCUT2D eigenvalue weighted by Gasteiger charge is -2.35. The fourth-order valence-electron chi connectivity index (χ4n) is 4.38. The van der Waals surface area contributed by atoms with Gasteiger partial charge in [0, 0.05) is 30.0 Å². The van der Waals surface area contributed by atoms with Crippen LogP contribution in [0.15, 0.2) is 21.5 Å². The van der Waals surface area contributed by atoms with Crippen LogP contribution < -0.4 is 4.90 Å². The largest absolute Gasteiger partial charge is 0.310 e. The van der Waals surface area contributed by atoms with Crippen LogP contribution in [-0.2, 0) is 21.2 Å². The summed E-state index contributed by atoms with van der Waals surface area (Å²) in [6.45, 7) is 5.88. The summed E-state index contributed by atoms with van der Waals surface area (Å²) in [6, 6.07) is 3.63. The van der Waals surface area contributed by atoms with E-state index >= 15 is 0 Å². The SMILES string of the molecule is C[C@@H]1C[C@@H](C)CN(S(=O)(=O)c2cc(Br)cc3c2N(C(=O)C2CC2)CC3)C1. The zero-order valence-corrected chi connectivity index (χ0v) is 17.6. The molecule has 2 heterocycles. The van der Waals surface area contributed by atoms with Gasteiger partial charge in [-0.3, -0.25) is 4.79 Å². The predicted octanol–water partition coefficient (Wildman–Crippen LogP) is 3.41. The molecule has 7 heteroatoms. The van der Waals surface area contributed by atoms with Gasteiger partial charge in [0.2, 0.25) is 15.9 Å². The third kappa shape index (κ3) is 3.22. The van der Waals surface area contributed by atoms with Gasteiger partial charge in [-0.2, -0.15) is 4.31 Å². The van der Waals surface area contributed by atoms with Crippen LogP contribution >= 0.6 is 15.9 Å². The number of benzene rings is 1. The van der Waals surface area contributed by atoms with Crippen LogP contribution in [0.4, 0.5) is 5.69 Å². The highest BCUT2D eigenvalue weighted by Crippen LogP contribution is 2.42. The number of carbonyl (C=O) groups excluding carboxylic acids is 1. The Morgan fingerprint density at radius 2 is 1.81 bits per heavy atom. The summed E-state index contributed by atoms with van der Waals surface area (Å²) in [7, 11) is -3.64. The molecule has 1 aliphatic carbocycles. The fraction of sp³-hybridized carbons (Fsp3) is 0.632. The van der Waals surface area contributed by atoms with Crippen molar-refractivity contribution in [1.29, 1.82) is 0 Å². The monoisotopic (exact) mass is 440 g/mol. The second-order valence-electron chi connectivity index (χ2n) is 8.19. The zero-order valence-electron chi connectivity index (χ0n) is 15.2. The van der Waals surface area contributed by atoms with Gasteiger partial charge >= 0.3 is 0 Å². The number of carbonyl (C=O) groups is 1. The number of sulfonamides is 1. The van der Waals surface area contributed by atoms with E-state index in [-0.39, 0.29) is 16.7 Å². The van der Waals surface area contributed by atoms with Crippen molar-refractivity contribution in [3.63, 3.8) is 0 Å². The van der Waals surface area contributed by atoms with Gasteiger partial charge in [0.05, 0.1) is 5.69 Å². The topological polar surface area (TPSA) is 57.7 Å². The minimum Gasteiger partial charge on any atom is -0.310 e. The Hall–Kier alpha value is -0.920. The molecule has 0 aromatic heterocycles. The first-order valence-electron chi connectivity index (χ1n) is 9.41. The van der Waals surface area contributed by atoms with Gasteiger partial charge in [0.25, 0.3) is 0 Å². The normalized spacial score (nSPS) is 26.8. The van der Waals surface area contributed by atoms with E-state index < -0.39 is 10.0 Å². The average Bonchev–Trinajstić information content (AvgIpc) is 3.32. The highest BCUT2D eigenvalue weighted by molar-refractivity contribution is 9.10. The number of rotatable bonds is 3. The van der Waals surface area contributed by atoms with Gasteiger partial charge in [-0.15, -0.1) is 0 Å². The molecular weight excluding hydrogens is 416 g/mol. The Kier molecular flexibility index (Phi) is 4.68. The lowest BCUT2D eigenvalue weighted by atomic mass is 9.94. The van der Waals surface area contributed by atoms with Crippen LogP contribution in [0, 0.1) is 17.8 Å². The third-order valence-electron chi connectivity index (χ3n) is 5.64. The summed E-state index contributed by atoms with van der Waals surface area (Å²) < 4.78 is 29.4. The van der Waals surface area contributed by atoms with Gasteiger partial charge < -0.3 is 4.90 Å². The molecule has 0 radical (unpaired) electrons. The number of halogens is 1. The van der Waals surface area contributed by atoms with Crippen LogP contribution in [0.1, 0.15) is 38.7 Å². The molecule has 142 valence electrons. The molecule has 3 aliphatic rings. The summed E-state index contributed by atoms with van der Waals surface area (Å²) in [6.07, 6.45) is 3.60. The van der Waals surface area contributed by atoms with Crippen molar-refractivity contribution in [2.75, 3.05) is 24.5 Å². The summed E-state index contributed by atoms with van der Waals surface area (Å²) in [5.41, 5.74) is 1.57. The number of fused-ring (bicyclic) bond motifs is 1. The highest BCUT2D eigenvalue weighted by atomic mass is 79.9. The van der Waals surface area contributed by atoms with E-state index in [9.17, 15) is 13.2 Å². The van der Waals surface area contributed by atoms with Crippen molar-refractivity contribution in [3.05, 3.63) is 22.2 Å². The Labute approximate surface area is 163 Å². The number of hydrogen-bond acceptors (Lipinski definition) is 3. The molecule has 0 spiro atoms. The molecule has 1 amide bonds. The molecule has 0 N–H and O–H groups in total. The summed E-state index contributed by atoms with van der Waals surface area (Å²) in [5, 5.41) is 0. The lowest BCUT2D eigenvalue weighted by molar-refractivity contribution is -0.119. The van der Waals surface area contributed by atoms with Crippen LogP contribution in [0.3, 0.4) is 0 Å². The molecule has 0 unspecified atom stereocenters. The molecule has 2 fully saturated rings. The minimum atomic E-state index is -3.64. The van der Waals surface area contributed by atoms with Crippen molar-refractivity contribution >= 4 is 37.5 Å². The van der Waals surface area contributed by atoms with Gasteiger partial charge in [-0.1, -0.05) is 29.8 Å². The molecule has 2 atom stereocenters. The molecule has 1 aromatic carbocycles. The standard InChI is InChI=1S/C19H25BrN2O3S/c1-12-7-13(2)11-21(10-12)26(24,25)17-9-16(20)8-15-5-6-22(18(15)17)19(23)14-3-4-14/h8-9,12-14H,3-7,10-11H2,1-2H3/t12-,13-/m1/s1. The molecule has 2 aliphatic heterocycles. The van der Waals surface area contributed by atoms with Gasteiger partial charge in [-0.05, 0) is 55.2 Å². The molecule has 26 heavy (non-hydrogen) atoms. The van der Waals surface area contributed by atoms with Crippen LogP contribution in [-0.4, -0.2) is 38.3 Å². The quantitative estimate of drug-likeness (QED) is 0.723. The summed E-state index contributed by atoms with van der Waals surface area (Å²) in [4.78, 5) is 14.7. The van der Waals surface area contributed by atoms with Gasteiger partial charge in [0.15, 0.2) is 0 Å². The number of amides is 1. The van der Waals surface area contributed by atoms with E-state index in [1.54, 1.807) is 15.3 Å². The number of hydrogen-bond donors (Lipinski definition) is 0. The first-order chi connectivity index (χ1) is 12.3. The molecule has 0 bridgehead atoms. The maximum Gasteiger partial charge on any atom is 0.245 e. The zero-order chi connectivity index (χ0) is 18.6. The molecule has 4 rings (SSSR count). The molecular formula is C19H25BrN2O3S. The van der Waals surface area contributed by atoms with E-state index in [1.807, 2.05) is 6.07 Å². The first kappa shape index (κ1) is 18.4. The van der Waals surface area contributed by atoms with Gasteiger partial charge in [0.1, 0.15) is 4.90 Å². The maximum absolute atomic E-state index is 13.5. The smallest absolute Gasteiger partial charge is 0.245 e. The second-order valence-corrected chi connectivity index (χ2v) is 11.0. The second kappa shape index (κ2) is 6.60. The number of piperidine rings is 1. The van der Waals surface area contributed by atoms with E-state index in [2.05, 4.69) is 29.8 Å². The van der Waals surface area contributed by atoms with Gasteiger partial charge in [-0.25, -0.2) is 8.42 Å². The Morgan fingerprint density at radius 3 is 2.42 bits per heavy atom. The highest BCUT2D eigenvalue weighted by Gasteiger charge is 2.41. The number of anilines is 1. The Bertz CT molecular complexity index is 841.